The maximum absolute atomic E-state index is 5.92. The molecule has 0 spiro atoms. The fourth-order valence-electron chi connectivity index (χ4n) is 1.34. The van der Waals surface area contributed by atoms with Gasteiger partial charge in [-0.15, -0.1) is 22.7 Å². The van der Waals surface area contributed by atoms with Gasteiger partial charge in [-0.1, -0.05) is 0 Å². The molecule has 0 atom stereocenters. The van der Waals surface area contributed by atoms with Crippen LogP contribution in [0, 0.1) is 0 Å². The predicted octanol–water partition coefficient (Wildman–Crippen LogP) is 3.38. The number of rotatable bonds is 2. The minimum absolute atomic E-state index is 0.211. The molecule has 17 heavy (non-hydrogen) atoms. The summed E-state index contributed by atoms with van der Waals surface area (Å²) < 4.78 is 0. The molecule has 0 saturated heterocycles. The molecule has 84 valence electrons. The smallest absolute Gasteiger partial charge is 0.223 e. The zero-order valence-corrected chi connectivity index (χ0v) is 10.8. The maximum Gasteiger partial charge on any atom is 0.223 e. The van der Waals surface area contributed by atoms with Gasteiger partial charge in [0.2, 0.25) is 5.28 Å². The highest BCUT2D eigenvalue weighted by Gasteiger charge is 2.10. The molecule has 0 unspecified atom stereocenters. The quantitative estimate of drug-likeness (QED) is 0.675. The first-order valence-electron chi connectivity index (χ1n) is 4.67. The Balaban J connectivity index is 2.13. The van der Waals surface area contributed by atoms with Gasteiger partial charge in [-0.25, -0.2) is 19.9 Å². The molecule has 7 heteroatoms. The van der Waals surface area contributed by atoms with E-state index in [4.69, 9.17) is 11.6 Å². The van der Waals surface area contributed by atoms with Gasteiger partial charge in [0.15, 0.2) is 0 Å². The second-order valence-electron chi connectivity index (χ2n) is 3.08. The molecule has 0 fully saturated rings. The number of thiazole rings is 2. The van der Waals surface area contributed by atoms with E-state index in [1.165, 1.54) is 22.7 Å². The molecule has 3 aromatic heterocycles. The van der Waals surface area contributed by atoms with E-state index in [0.29, 0.717) is 0 Å². The molecule has 0 radical (unpaired) electrons. The molecule has 0 aliphatic heterocycles. The van der Waals surface area contributed by atoms with Crippen molar-refractivity contribution in [3.8, 4) is 21.4 Å². The van der Waals surface area contributed by atoms with Gasteiger partial charge in [-0.2, -0.15) is 0 Å². The SMILES string of the molecule is Clc1nc(-c2nccs2)cc(-c2nccs2)n1. The first kappa shape index (κ1) is 10.8. The summed E-state index contributed by atoms with van der Waals surface area (Å²) in [6, 6.07) is 1.85. The van der Waals surface area contributed by atoms with Gasteiger partial charge < -0.3 is 0 Å². The fourth-order valence-corrected chi connectivity index (χ4v) is 2.71. The lowest BCUT2D eigenvalue weighted by Gasteiger charge is -2.00. The highest BCUT2D eigenvalue weighted by Crippen LogP contribution is 2.27. The number of nitrogens with zero attached hydrogens (tertiary/aromatic N) is 4. The Labute approximate surface area is 110 Å². The van der Waals surface area contributed by atoms with Gasteiger partial charge in [0.05, 0.1) is 0 Å². The topological polar surface area (TPSA) is 51.6 Å². The largest absolute Gasteiger partial charge is 0.243 e. The van der Waals surface area contributed by atoms with Crippen LogP contribution < -0.4 is 0 Å². The van der Waals surface area contributed by atoms with Gasteiger partial charge >= 0.3 is 0 Å². The molecule has 0 saturated carbocycles. The summed E-state index contributed by atoms with van der Waals surface area (Å²) in [5.41, 5.74) is 1.45. The van der Waals surface area contributed by atoms with E-state index in [1.54, 1.807) is 12.4 Å². The average Bonchev–Trinajstić information content (AvgIpc) is 3.02. The van der Waals surface area contributed by atoms with Gasteiger partial charge in [0, 0.05) is 23.2 Å². The maximum atomic E-state index is 5.92. The van der Waals surface area contributed by atoms with Crippen molar-refractivity contribution in [3.63, 3.8) is 0 Å². The molecule has 0 aromatic carbocycles. The van der Waals surface area contributed by atoms with E-state index in [0.717, 1.165) is 21.4 Å². The van der Waals surface area contributed by atoms with Crippen molar-refractivity contribution in [2.45, 2.75) is 0 Å². The molecule has 4 nitrogen and oxygen atoms in total. The lowest BCUT2D eigenvalue weighted by molar-refractivity contribution is 1.16. The summed E-state index contributed by atoms with van der Waals surface area (Å²) in [6.45, 7) is 0. The predicted molar refractivity (Wildman–Crippen MR) is 69.3 cm³/mol. The van der Waals surface area contributed by atoms with Gasteiger partial charge in [0.25, 0.3) is 0 Å². The van der Waals surface area contributed by atoms with Crippen molar-refractivity contribution in [1.82, 2.24) is 19.9 Å². The van der Waals surface area contributed by atoms with Crippen LogP contribution in [-0.2, 0) is 0 Å². The van der Waals surface area contributed by atoms with Crippen LogP contribution in [0.5, 0.6) is 0 Å². The van der Waals surface area contributed by atoms with Crippen LogP contribution in [0.3, 0.4) is 0 Å². The minimum Gasteiger partial charge on any atom is -0.243 e. The molecule has 0 amide bonds. The van der Waals surface area contributed by atoms with Crippen molar-refractivity contribution >= 4 is 34.3 Å². The van der Waals surface area contributed by atoms with E-state index < -0.39 is 0 Å². The zero-order chi connectivity index (χ0) is 11.7. The van der Waals surface area contributed by atoms with Crippen molar-refractivity contribution < 1.29 is 0 Å². The van der Waals surface area contributed by atoms with Crippen LogP contribution >= 0.6 is 34.3 Å². The van der Waals surface area contributed by atoms with Crippen LogP contribution in [0.25, 0.3) is 21.4 Å². The Morgan fingerprint density at radius 3 is 1.82 bits per heavy atom. The number of halogens is 1. The molecule has 0 bridgehead atoms. The lowest BCUT2D eigenvalue weighted by atomic mass is 10.3. The molecule has 0 N–H and O–H groups in total. The monoisotopic (exact) mass is 280 g/mol. The third-order valence-electron chi connectivity index (χ3n) is 2.00. The zero-order valence-electron chi connectivity index (χ0n) is 8.37. The normalized spacial score (nSPS) is 10.6. The number of aromatic nitrogens is 4. The second-order valence-corrected chi connectivity index (χ2v) is 5.21. The highest BCUT2D eigenvalue weighted by atomic mass is 35.5. The third kappa shape index (κ3) is 2.19. The summed E-state index contributed by atoms with van der Waals surface area (Å²) in [5.74, 6) is 0. The van der Waals surface area contributed by atoms with Gasteiger partial charge in [-0.3, -0.25) is 0 Å². The molecular formula is C10H5ClN4S2. The van der Waals surface area contributed by atoms with Crippen molar-refractivity contribution in [2.75, 3.05) is 0 Å². The number of hydrogen-bond donors (Lipinski definition) is 0. The Morgan fingerprint density at radius 1 is 0.882 bits per heavy atom. The van der Waals surface area contributed by atoms with Crippen LogP contribution in [0.2, 0.25) is 5.28 Å². The first-order valence-corrected chi connectivity index (χ1v) is 6.81. The molecule has 3 aromatic rings. The van der Waals surface area contributed by atoms with E-state index >= 15 is 0 Å². The molecule has 3 rings (SSSR count). The molecule has 0 aliphatic rings. The van der Waals surface area contributed by atoms with Crippen LogP contribution in [0.4, 0.5) is 0 Å². The standard InChI is InChI=1S/C10H5ClN4S2/c11-10-14-6(8-12-1-3-16-8)5-7(15-10)9-13-2-4-17-9/h1-5H. The summed E-state index contributed by atoms with van der Waals surface area (Å²) >= 11 is 8.94. The van der Waals surface area contributed by atoms with E-state index in [2.05, 4.69) is 19.9 Å². The first-order chi connectivity index (χ1) is 8.33. The second kappa shape index (κ2) is 4.48. The van der Waals surface area contributed by atoms with E-state index in [9.17, 15) is 0 Å². The van der Waals surface area contributed by atoms with Crippen molar-refractivity contribution in [3.05, 3.63) is 34.5 Å². The summed E-state index contributed by atoms with van der Waals surface area (Å²) in [6.07, 6.45) is 3.47. The molecular weight excluding hydrogens is 276 g/mol. The minimum atomic E-state index is 0.211. The van der Waals surface area contributed by atoms with Crippen LogP contribution in [0.1, 0.15) is 0 Å². The molecule has 3 heterocycles. The van der Waals surface area contributed by atoms with Gasteiger partial charge in [0.1, 0.15) is 21.4 Å². The van der Waals surface area contributed by atoms with Crippen LogP contribution in [-0.4, -0.2) is 19.9 Å². The fraction of sp³-hybridized carbons (Fsp3) is 0. The third-order valence-corrected chi connectivity index (χ3v) is 3.76. The number of hydrogen-bond acceptors (Lipinski definition) is 6. The van der Waals surface area contributed by atoms with Crippen molar-refractivity contribution in [1.29, 1.82) is 0 Å². The Bertz CT molecular complexity index is 569. The van der Waals surface area contributed by atoms with Crippen molar-refractivity contribution in [2.24, 2.45) is 0 Å². The Kier molecular flexibility index (Phi) is 2.84. The Morgan fingerprint density at radius 2 is 1.41 bits per heavy atom. The lowest BCUT2D eigenvalue weighted by Crippen LogP contribution is -1.90. The van der Waals surface area contributed by atoms with Crippen LogP contribution in [0.15, 0.2) is 29.2 Å². The highest BCUT2D eigenvalue weighted by molar-refractivity contribution is 7.13. The average molecular weight is 281 g/mol. The van der Waals surface area contributed by atoms with E-state index in [-0.39, 0.29) is 5.28 Å². The Hall–Kier alpha value is -1.37. The van der Waals surface area contributed by atoms with E-state index in [1.807, 2.05) is 16.8 Å². The summed E-state index contributed by atoms with van der Waals surface area (Å²) in [5, 5.41) is 5.66. The molecule has 0 aliphatic carbocycles. The summed E-state index contributed by atoms with van der Waals surface area (Å²) in [7, 11) is 0. The van der Waals surface area contributed by atoms with Gasteiger partial charge in [-0.05, 0) is 17.7 Å². The summed E-state index contributed by atoms with van der Waals surface area (Å²) in [4.78, 5) is 16.7.